The van der Waals surface area contributed by atoms with Gasteiger partial charge in [-0.1, -0.05) is 91.7 Å². The summed E-state index contributed by atoms with van der Waals surface area (Å²) in [6.07, 6.45) is 12.1. The molecule has 0 aliphatic heterocycles. The molecule has 7 aromatic rings. The molecule has 2 heteroatoms. The molecule has 14 rings (SSSR count). The summed E-state index contributed by atoms with van der Waals surface area (Å²) in [5, 5.41) is 2.35. The fraction of sp³-hybridized carbons (Fsp3) is 0.294. The van der Waals surface area contributed by atoms with Gasteiger partial charge in [-0.05, 0) is 162 Å². The van der Waals surface area contributed by atoms with Crippen molar-refractivity contribution in [2.45, 2.75) is 68.6 Å². The lowest BCUT2D eigenvalue weighted by Crippen LogP contribution is -2.55. The van der Waals surface area contributed by atoms with E-state index in [2.05, 4.69) is 132 Å². The van der Waals surface area contributed by atoms with Crippen molar-refractivity contribution in [3.63, 3.8) is 0 Å². The van der Waals surface area contributed by atoms with Gasteiger partial charge in [-0.3, -0.25) is 0 Å². The standard InChI is InChI=1S/C51H43NO/c1-4-12-44-38(9-1)40-18-15-36(29-46(40)50(44)21-7-8-22-50)52(35-17-20-49-43(28-35)42-11-3-6-14-48(42)53-49)37-16-19-41-39-10-2-5-13-45(39)51(47(41)30-37)33-24-31-23-32(26-33)27-34(51)25-31/h1-6,9-20,28-34H,7-8,21-27H2. The number of anilines is 3. The Kier molecular flexibility index (Phi) is 5.72. The van der Waals surface area contributed by atoms with Gasteiger partial charge in [0.2, 0.25) is 0 Å². The molecule has 1 heterocycles. The van der Waals surface area contributed by atoms with E-state index in [1.165, 1.54) is 113 Å². The molecule has 2 nitrogen and oxygen atoms in total. The number of para-hydroxylation sites is 1. The predicted octanol–water partition coefficient (Wildman–Crippen LogP) is 13.6. The van der Waals surface area contributed by atoms with Crippen LogP contribution in [0.1, 0.15) is 80.0 Å². The van der Waals surface area contributed by atoms with E-state index >= 15 is 0 Å². The van der Waals surface area contributed by atoms with Gasteiger partial charge in [0.05, 0.1) is 0 Å². The molecule has 0 unspecified atom stereocenters. The predicted molar refractivity (Wildman–Crippen MR) is 216 cm³/mol. The monoisotopic (exact) mass is 685 g/mol. The number of furan rings is 1. The third kappa shape index (κ3) is 3.70. The summed E-state index contributed by atoms with van der Waals surface area (Å²) in [6.45, 7) is 0. The highest BCUT2D eigenvalue weighted by molar-refractivity contribution is 6.06. The first-order valence-electron chi connectivity index (χ1n) is 20.4. The van der Waals surface area contributed by atoms with Gasteiger partial charge < -0.3 is 9.32 Å². The average Bonchev–Trinajstić information content (AvgIpc) is 3.96. The summed E-state index contributed by atoms with van der Waals surface area (Å²) < 4.78 is 6.37. The fourth-order valence-corrected chi connectivity index (χ4v) is 13.7. The number of hydrogen-bond acceptors (Lipinski definition) is 2. The van der Waals surface area contributed by atoms with Crippen LogP contribution in [-0.2, 0) is 10.8 Å². The highest BCUT2D eigenvalue weighted by Gasteiger charge is 2.61. The van der Waals surface area contributed by atoms with Crippen LogP contribution in [0, 0.1) is 23.7 Å². The Morgan fingerprint density at radius 2 is 1.00 bits per heavy atom. The van der Waals surface area contributed by atoms with Crippen LogP contribution in [0.3, 0.4) is 0 Å². The van der Waals surface area contributed by atoms with Crippen LogP contribution in [0.25, 0.3) is 44.2 Å². The molecule has 53 heavy (non-hydrogen) atoms. The average molecular weight is 686 g/mol. The van der Waals surface area contributed by atoms with E-state index in [0.29, 0.717) is 0 Å². The second-order valence-electron chi connectivity index (χ2n) is 17.6. The first kappa shape index (κ1) is 29.4. The van der Waals surface area contributed by atoms with Crippen LogP contribution in [0.5, 0.6) is 0 Å². The smallest absolute Gasteiger partial charge is 0.135 e. The van der Waals surface area contributed by atoms with E-state index < -0.39 is 0 Å². The zero-order chi connectivity index (χ0) is 34.5. The zero-order valence-corrected chi connectivity index (χ0v) is 30.2. The Morgan fingerprint density at radius 1 is 0.453 bits per heavy atom. The Bertz CT molecular complexity index is 2640. The maximum atomic E-state index is 6.37. The number of nitrogens with zero attached hydrogens (tertiary/aromatic N) is 1. The Labute approximate surface area is 311 Å². The summed E-state index contributed by atoms with van der Waals surface area (Å²) in [7, 11) is 0. The Hall–Kier alpha value is -5.08. The first-order chi connectivity index (χ1) is 26.2. The summed E-state index contributed by atoms with van der Waals surface area (Å²) in [5.41, 5.74) is 18.0. The summed E-state index contributed by atoms with van der Waals surface area (Å²) in [4.78, 5) is 2.58. The minimum Gasteiger partial charge on any atom is -0.456 e. The second kappa shape index (κ2) is 10.3. The molecule has 6 aromatic carbocycles. The van der Waals surface area contributed by atoms with Gasteiger partial charge in [0.1, 0.15) is 11.2 Å². The highest BCUT2D eigenvalue weighted by atomic mass is 16.3. The van der Waals surface area contributed by atoms with E-state index in [1.807, 2.05) is 0 Å². The van der Waals surface area contributed by atoms with Gasteiger partial charge in [0.25, 0.3) is 0 Å². The number of hydrogen-bond donors (Lipinski definition) is 0. The van der Waals surface area contributed by atoms with Crippen molar-refractivity contribution in [2.75, 3.05) is 4.90 Å². The third-order valence-corrected chi connectivity index (χ3v) is 15.4. The molecule has 2 spiro atoms. The van der Waals surface area contributed by atoms with Crippen LogP contribution in [0.4, 0.5) is 17.1 Å². The molecule has 0 atom stereocenters. The van der Waals surface area contributed by atoms with Crippen molar-refractivity contribution in [3.8, 4) is 22.3 Å². The van der Waals surface area contributed by atoms with Gasteiger partial charge in [-0.25, -0.2) is 0 Å². The quantitative estimate of drug-likeness (QED) is 0.184. The molecular formula is C51H43NO. The van der Waals surface area contributed by atoms with Crippen molar-refractivity contribution in [2.24, 2.45) is 23.7 Å². The van der Waals surface area contributed by atoms with Crippen LogP contribution in [0.2, 0.25) is 0 Å². The zero-order valence-electron chi connectivity index (χ0n) is 30.2. The molecule has 258 valence electrons. The van der Waals surface area contributed by atoms with Gasteiger partial charge in [-0.2, -0.15) is 0 Å². The molecule has 5 saturated carbocycles. The molecule has 0 amide bonds. The van der Waals surface area contributed by atoms with Gasteiger partial charge >= 0.3 is 0 Å². The summed E-state index contributed by atoms with van der Waals surface area (Å²) in [6, 6.07) is 49.1. The SMILES string of the molecule is c1ccc2c(c1)-c1ccc(N(c3ccc4c(c3)C3(c5ccccc5-4)C4CC5CC(C4)CC3C5)c3ccc4oc5ccccc5c4c3)cc1C21CCCC1. The van der Waals surface area contributed by atoms with E-state index in [0.717, 1.165) is 34.8 Å². The summed E-state index contributed by atoms with van der Waals surface area (Å²) in [5.74, 6) is 3.32. The van der Waals surface area contributed by atoms with Crippen molar-refractivity contribution in [1.29, 1.82) is 0 Å². The molecular weight excluding hydrogens is 643 g/mol. The van der Waals surface area contributed by atoms with Crippen molar-refractivity contribution in [3.05, 3.63) is 150 Å². The number of rotatable bonds is 3. The second-order valence-corrected chi connectivity index (χ2v) is 17.6. The lowest BCUT2D eigenvalue weighted by atomic mass is 9.43. The van der Waals surface area contributed by atoms with Crippen LogP contribution in [-0.4, -0.2) is 0 Å². The van der Waals surface area contributed by atoms with Crippen molar-refractivity contribution >= 4 is 39.0 Å². The van der Waals surface area contributed by atoms with E-state index in [-0.39, 0.29) is 10.8 Å². The lowest BCUT2D eigenvalue weighted by Gasteiger charge is -2.61. The highest BCUT2D eigenvalue weighted by Crippen LogP contribution is 2.69. The molecule has 0 N–H and O–H groups in total. The molecule has 5 fully saturated rings. The van der Waals surface area contributed by atoms with E-state index in [9.17, 15) is 0 Å². The molecule has 7 aliphatic carbocycles. The van der Waals surface area contributed by atoms with Crippen LogP contribution < -0.4 is 4.90 Å². The van der Waals surface area contributed by atoms with Crippen LogP contribution >= 0.6 is 0 Å². The third-order valence-electron chi connectivity index (χ3n) is 15.4. The fourth-order valence-electron chi connectivity index (χ4n) is 13.7. The summed E-state index contributed by atoms with van der Waals surface area (Å²) >= 11 is 0. The maximum absolute atomic E-state index is 6.37. The number of benzene rings is 6. The molecule has 0 radical (unpaired) electrons. The van der Waals surface area contributed by atoms with Crippen LogP contribution in [0.15, 0.2) is 132 Å². The normalized spacial score (nSPS) is 26.4. The number of fused-ring (bicyclic) bond motifs is 11. The van der Waals surface area contributed by atoms with Crippen molar-refractivity contribution in [1.82, 2.24) is 0 Å². The van der Waals surface area contributed by atoms with Gasteiger partial charge in [-0.15, -0.1) is 0 Å². The van der Waals surface area contributed by atoms with Crippen molar-refractivity contribution < 1.29 is 4.42 Å². The Balaban J connectivity index is 1.05. The molecule has 1 aromatic heterocycles. The topological polar surface area (TPSA) is 16.4 Å². The van der Waals surface area contributed by atoms with Gasteiger partial charge in [0, 0.05) is 38.7 Å². The van der Waals surface area contributed by atoms with E-state index in [4.69, 9.17) is 4.42 Å². The maximum Gasteiger partial charge on any atom is 0.135 e. The molecule has 7 aliphatic rings. The van der Waals surface area contributed by atoms with Gasteiger partial charge in [0.15, 0.2) is 0 Å². The molecule has 4 bridgehead atoms. The lowest BCUT2D eigenvalue weighted by molar-refractivity contribution is -0.0399. The Morgan fingerprint density at radius 3 is 1.75 bits per heavy atom. The minimum atomic E-state index is 0.113. The first-order valence-corrected chi connectivity index (χ1v) is 20.4. The minimum absolute atomic E-state index is 0.113. The molecule has 0 saturated heterocycles. The van der Waals surface area contributed by atoms with E-state index in [1.54, 1.807) is 16.7 Å². The largest absolute Gasteiger partial charge is 0.456 e.